The molecular formula is C15H26N6O2. The number of hydrogen-bond acceptors (Lipinski definition) is 6. The number of anilines is 1. The second-order valence-electron chi connectivity index (χ2n) is 6.25. The number of likely N-dealkylation sites (tertiary alicyclic amines) is 1. The van der Waals surface area contributed by atoms with Crippen molar-refractivity contribution in [1.29, 1.82) is 0 Å². The maximum Gasteiger partial charge on any atom is 0.227 e. The number of piperidine rings is 1. The highest BCUT2D eigenvalue weighted by Gasteiger charge is 2.31. The molecule has 1 aromatic heterocycles. The van der Waals surface area contributed by atoms with Crippen LogP contribution in [0.5, 0.6) is 0 Å². The average Bonchev–Trinajstić information content (AvgIpc) is 3.14. The van der Waals surface area contributed by atoms with Gasteiger partial charge in [-0.25, -0.2) is 5.10 Å². The smallest absolute Gasteiger partial charge is 0.227 e. The van der Waals surface area contributed by atoms with E-state index in [0.29, 0.717) is 5.91 Å². The molecule has 1 atom stereocenters. The van der Waals surface area contributed by atoms with E-state index in [-0.39, 0.29) is 5.92 Å². The molecule has 0 saturated carbocycles. The number of aromatic amines is 1. The second kappa shape index (κ2) is 7.74. The lowest BCUT2D eigenvalue weighted by molar-refractivity contribution is -0.137. The molecule has 2 fully saturated rings. The van der Waals surface area contributed by atoms with E-state index in [4.69, 9.17) is 4.74 Å². The Morgan fingerprint density at radius 2 is 2.17 bits per heavy atom. The fourth-order valence-corrected chi connectivity index (χ4v) is 3.43. The van der Waals surface area contributed by atoms with Crippen molar-refractivity contribution in [3.63, 3.8) is 0 Å². The Bertz CT molecular complexity index is 486. The molecule has 0 unspecified atom stereocenters. The minimum atomic E-state index is 0.137. The molecule has 1 amide bonds. The van der Waals surface area contributed by atoms with E-state index < -0.39 is 0 Å². The highest BCUT2D eigenvalue weighted by atomic mass is 16.5. The number of aromatic nitrogens is 3. The normalized spacial score (nSPS) is 23.3. The number of H-pyrrole nitrogens is 1. The molecule has 0 aromatic carbocycles. The zero-order valence-corrected chi connectivity index (χ0v) is 13.8. The molecule has 128 valence electrons. The van der Waals surface area contributed by atoms with Gasteiger partial charge >= 0.3 is 0 Å². The van der Waals surface area contributed by atoms with Crippen molar-refractivity contribution in [3.8, 4) is 0 Å². The molecular weight excluding hydrogens is 296 g/mol. The van der Waals surface area contributed by atoms with Crippen molar-refractivity contribution >= 4 is 11.9 Å². The van der Waals surface area contributed by atoms with Crippen LogP contribution in [0.4, 0.5) is 5.95 Å². The van der Waals surface area contributed by atoms with Gasteiger partial charge in [0.05, 0.1) is 12.5 Å². The van der Waals surface area contributed by atoms with Crippen LogP contribution in [0.3, 0.4) is 0 Å². The van der Waals surface area contributed by atoms with Crippen LogP contribution in [-0.4, -0.2) is 90.4 Å². The van der Waals surface area contributed by atoms with Gasteiger partial charge in [0, 0.05) is 46.4 Å². The maximum atomic E-state index is 12.8. The lowest BCUT2D eigenvalue weighted by Crippen LogP contribution is -2.53. The van der Waals surface area contributed by atoms with Gasteiger partial charge in [-0.3, -0.25) is 4.79 Å². The minimum absolute atomic E-state index is 0.137. The summed E-state index contributed by atoms with van der Waals surface area (Å²) >= 11 is 0. The quantitative estimate of drug-likeness (QED) is 0.810. The van der Waals surface area contributed by atoms with Crippen LogP contribution >= 0.6 is 0 Å². The van der Waals surface area contributed by atoms with Crippen LogP contribution in [0.2, 0.25) is 0 Å². The number of hydrogen-bond donors (Lipinski definition) is 1. The van der Waals surface area contributed by atoms with Gasteiger partial charge in [0.25, 0.3) is 0 Å². The predicted molar refractivity (Wildman–Crippen MR) is 86.2 cm³/mol. The monoisotopic (exact) mass is 322 g/mol. The molecule has 23 heavy (non-hydrogen) atoms. The van der Waals surface area contributed by atoms with E-state index in [2.05, 4.69) is 25.0 Å². The highest BCUT2D eigenvalue weighted by molar-refractivity contribution is 5.79. The Balaban J connectivity index is 1.49. The Hall–Kier alpha value is -1.67. The van der Waals surface area contributed by atoms with Gasteiger partial charge in [0.1, 0.15) is 6.33 Å². The third-order valence-corrected chi connectivity index (χ3v) is 4.76. The third-order valence-electron chi connectivity index (χ3n) is 4.76. The summed E-state index contributed by atoms with van der Waals surface area (Å²) in [4.78, 5) is 23.5. The van der Waals surface area contributed by atoms with Crippen LogP contribution in [0.25, 0.3) is 0 Å². The largest absolute Gasteiger partial charge is 0.383 e. The van der Waals surface area contributed by atoms with Gasteiger partial charge in [-0.15, -0.1) is 0 Å². The van der Waals surface area contributed by atoms with E-state index in [1.807, 2.05) is 4.90 Å². The van der Waals surface area contributed by atoms with Crippen LogP contribution in [-0.2, 0) is 9.53 Å². The second-order valence-corrected chi connectivity index (χ2v) is 6.25. The van der Waals surface area contributed by atoms with E-state index in [9.17, 15) is 4.79 Å². The van der Waals surface area contributed by atoms with Gasteiger partial charge in [-0.1, -0.05) is 0 Å². The fourth-order valence-electron chi connectivity index (χ4n) is 3.43. The van der Waals surface area contributed by atoms with Gasteiger partial charge in [0.15, 0.2) is 0 Å². The number of ether oxygens (including phenoxy) is 1. The predicted octanol–water partition coefficient (Wildman–Crippen LogP) is -0.188. The summed E-state index contributed by atoms with van der Waals surface area (Å²) in [7, 11) is 1.72. The van der Waals surface area contributed by atoms with Crippen molar-refractivity contribution in [2.45, 2.75) is 12.8 Å². The van der Waals surface area contributed by atoms with Crippen molar-refractivity contribution in [2.24, 2.45) is 5.92 Å². The van der Waals surface area contributed by atoms with E-state index in [1.165, 1.54) is 6.33 Å². The van der Waals surface area contributed by atoms with Crippen LogP contribution in [0.15, 0.2) is 6.33 Å². The summed E-state index contributed by atoms with van der Waals surface area (Å²) in [6, 6.07) is 0. The summed E-state index contributed by atoms with van der Waals surface area (Å²) in [5.41, 5.74) is 0. The van der Waals surface area contributed by atoms with Crippen molar-refractivity contribution < 1.29 is 9.53 Å². The van der Waals surface area contributed by atoms with Gasteiger partial charge in [-0.05, 0) is 19.4 Å². The molecule has 0 bridgehead atoms. The summed E-state index contributed by atoms with van der Waals surface area (Å²) < 4.78 is 5.15. The Morgan fingerprint density at radius 1 is 1.35 bits per heavy atom. The first-order valence-electron chi connectivity index (χ1n) is 8.38. The molecule has 8 nitrogen and oxygen atoms in total. The number of carbonyl (C=O) groups is 1. The lowest BCUT2D eigenvalue weighted by atomic mass is 9.96. The molecule has 0 aliphatic carbocycles. The highest BCUT2D eigenvalue weighted by Crippen LogP contribution is 2.20. The first-order valence-corrected chi connectivity index (χ1v) is 8.38. The number of rotatable bonds is 5. The molecule has 2 aliphatic heterocycles. The number of nitrogens with one attached hydrogen (secondary N) is 1. The zero-order valence-electron chi connectivity index (χ0n) is 13.8. The number of carbonyl (C=O) groups excluding carboxylic acids is 1. The Morgan fingerprint density at radius 3 is 2.87 bits per heavy atom. The molecule has 8 heteroatoms. The number of nitrogens with zero attached hydrogens (tertiary/aromatic N) is 5. The van der Waals surface area contributed by atoms with E-state index >= 15 is 0 Å². The molecule has 3 rings (SSSR count). The minimum Gasteiger partial charge on any atom is -0.383 e. The standard InChI is InChI=1S/C15H26N6O2/c1-23-10-9-19-4-2-3-13(11-19)14(22)20-5-7-21(8-6-20)15-16-12-17-18-15/h12-13H,2-11H2,1H3,(H,16,17,18)/t13-/m1/s1. The van der Waals surface area contributed by atoms with Gasteiger partial charge in [-0.2, -0.15) is 10.1 Å². The first kappa shape index (κ1) is 16.2. The van der Waals surface area contributed by atoms with Crippen molar-refractivity contribution in [1.82, 2.24) is 25.0 Å². The van der Waals surface area contributed by atoms with Crippen LogP contribution in [0, 0.1) is 5.92 Å². The average molecular weight is 322 g/mol. The summed E-state index contributed by atoms with van der Waals surface area (Å²) in [6.45, 7) is 6.72. The summed E-state index contributed by atoms with van der Waals surface area (Å²) in [5.74, 6) is 1.24. The van der Waals surface area contributed by atoms with Crippen LogP contribution in [0.1, 0.15) is 12.8 Å². The molecule has 0 radical (unpaired) electrons. The van der Waals surface area contributed by atoms with Crippen molar-refractivity contribution in [2.75, 3.05) is 64.4 Å². The lowest BCUT2D eigenvalue weighted by Gasteiger charge is -2.38. The van der Waals surface area contributed by atoms with Gasteiger partial charge in [0.2, 0.25) is 11.9 Å². The molecule has 3 heterocycles. The topological polar surface area (TPSA) is 77.6 Å². The van der Waals surface area contributed by atoms with Crippen molar-refractivity contribution in [3.05, 3.63) is 6.33 Å². The Kier molecular flexibility index (Phi) is 5.45. The molecule has 1 aromatic rings. The van der Waals surface area contributed by atoms with E-state index in [0.717, 1.165) is 71.2 Å². The molecule has 1 N–H and O–H groups in total. The Labute approximate surface area is 136 Å². The molecule has 0 spiro atoms. The van der Waals surface area contributed by atoms with E-state index in [1.54, 1.807) is 7.11 Å². The fraction of sp³-hybridized carbons (Fsp3) is 0.800. The number of methoxy groups -OCH3 is 1. The van der Waals surface area contributed by atoms with Crippen LogP contribution < -0.4 is 4.90 Å². The first-order chi connectivity index (χ1) is 11.3. The molecule has 2 saturated heterocycles. The summed E-state index contributed by atoms with van der Waals surface area (Å²) in [6.07, 6.45) is 3.62. The SMILES string of the molecule is COCCN1CCC[C@@H](C(=O)N2CCN(c3ncn[nH]3)CC2)C1. The number of amides is 1. The molecule has 2 aliphatic rings. The third kappa shape index (κ3) is 4.00. The maximum absolute atomic E-state index is 12.8. The zero-order chi connectivity index (χ0) is 16.1. The number of piperazine rings is 1. The van der Waals surface area contributed by atoms with Gasteiger partial charge < -0.3 is 19.4 Å². The summed E-state index contributed by atoms with van der Waals surface area (Å²) in [5, 5.41) is 6.77.